The van der Waals surface area contributed by atoms with Crippen LogP contribution in [0.15, 0.2) is 29.6 Å². The summed E-state index contributed by atoms with van der Waals surface area (Å²) >= 11 is 1.14. The number of ether oxygens (including phenoxy) is 2. The number of nitrogens with one attached hydrogen (secondary N) is 1. The molecule has 0 saturated carbocycles. The maximum Gasteiger partial charge on any atom is 0.311 e. The molecule has 0 spiro atoms. The van der Waals surface area contributed by atoms with E-state index in [0.29, 0.717) is 11.3 Å². The molecule has 0 radical (unpaired) electrons. The lowest BCUT2D eigenvalue weighted by Crippen LogP contribution is -2.21. The Labute approximate surface area is 146 Å². The molecule has 0 atom stereocenters. The third kappa shape index (κ3) is 6.30. The quantitative estimate of drug-likeness (QED) is 0.750. The first-order chi connectivity index (χ1) is 12.0. The number of halogens is 1. The summed E-state index contributed by atoms with van der Waals surface area (Å²) in [4.78, 5) is 38.6. The number of rotatable bonds is 7. The second-order valence-corrected chi connectivity index (χ2v) is 5.77. The Morgan fingerprint density at radius 2 is 2.04 bits per heavy atom. The highest BCUT2D eigenvalue weighted by molar-refractivity contribution is 7.13. The fourth-order valence-corrected chi connectivity index (χ4v) is 2.56. The van der Waals surface area contributed by atoms with Crippen molar-refractivity contribution in [3.8, 4) is 0 Å². The van der Waals surface area contributed by atoms with E-state index in [1.165, 1.54) is 25.3 Å². The monoisotopic (exact) mass is 366 g/mol. The number of hydrogen-bond acceptors (Lipinski definition) is 7. The first-order valence-corrected chi connectivity index (χ1v) is 8.05. The van der Waals surface area contributed by atoms with Crippen LogP contribution in [0.2, 0.25) is 0 Å². The van der Waals surface area contributed by atoms with Gasteiger partial charge in [-0.3, -0.25) is 19.7 Å². The van der Waals surface area contributed by atoms with Crippen molar-refractivity contribution in [3.63, 3.8) is 0 Å². The van der Waals surface area contributed by atoms with Crippen molar-refractivity contribution < 1.29 is 28.2 Å². The molecule has 0 fully saturated rings. The lowest BCUT2D eigenvalue weighted by atomic mass is 10.1. The van der Waals surface area contributed by atoms with Crippen LogP contribution in [-0.2, 0) is 36.7 Å². The Bertz CT molecular complexity index is 777. The number of benzene rings is 1. The van der Waals surface area contributed by atoms with Gasteiger partial charge in [-0.1, -0.05) is 12.1 Å². The molecule has 1 amide bonds. The minimum atomic E-state index is -0.647. The van der Waals surface area contributed by atoms with Crippen molar-refractivity contribution >= 4 is 34.3 Å². The van der Waals surface area contributed by atoms with Gasteiger partial charge in [0.2, 0.25) is 0 Å². The highest BCUT2D eigenvalue weighted by Gasteiger charge is 2.12. The van der Waals surface area contributed by atoms with Crippen molar-refractivity contribution in [3.05, 3.63) is 46.7 Å². The Balaban J connectivity index is 1.76. The van der Waals surface area contributed by atoms with E-state index in [1.54, 1.807) is 11.4 Å². The van der Waals surface area contributed by atoms with Crippen LogP contribution in [0.1, 0.15) is 11.3 Å². The van der Waals surface area contributed by atoms with Gasteiger partial charge in [0.25, 0.3) is 5.91 Å². The maximum absolute atomic E-state index is 13.0. The Morgan fingerprint density at radius 3 is 2.76 bits per heavy atom. The molecule has 1 heterocycles. The molecule has 9 heteroatoms. The first-order valence-electron chi connectivity index (χ1n) is 7.17. The van der Waals surface area contributed by atoms with Gasteiger partial charge in [-0.15, -0.1) is 11.3 Å². The van der Waals surface area contributed by atoms with Gasteiger partial charge in [-0.25, -0.2) is 9.37 Å². The fraction of sp³-hybridized carbons (Fsp3) is 0.250. The summed E-state index contributed by atoms with van der Waals surface area (Å²) in [7, 11) is 1.27. The van der Waals surface area contributed by atoms with E-state index in [1.807, 2.05) is 0 Å². The van der Waals surface area contributed by atoms with Crippen molar-refractivity contribution in [1.82, 2.24) is 4.98 Å². The van der Waals surface area contributed by atoms with Gasteiger partial charge in [0.1, 0.15) is 5.82 Å². The lowest BCUT2D eigenvalue weighted by molar-refractivity contribution is -0.146. The summed E-state index contributed by atoms with van der Waals surface area (Å²) < 4.78 is 22.4. The number of methoxy groups -OCH3 is 1. The number of esters is 2. The molecule has 132 valence electrons. The van der Waals surface area contributed by atoms with Crippen LogP contribution in [0.25, 0.3) is 0 Å². The van der Waals surface area contributed by atoms with E-state index in [4.69, 9.17) is 4.74 Å². The summed E-state index contributed by atoms with van der Waals surface area (Å²) in [5, 5.41) is 4.36. The average molecular weight is 366 g/mol. The number of carbonyl (C=O) groups excluding carboxylic acids is 3. The van der Waals surface area contributed by atoms with E-state index in [9.17, 15) is 18.8 Å². The van der Waals surface area contributed by atoms with Crippen molar-refractivity contribution in [2.45, 2.75) is 12.8 Å². The van der Waals surface area contributed by atoms with Crippen LogP contribution in [0, 0.1) is 5.82 Å². The number of anilines is 1. The molecule has 0 saturated heterocycles. The molecule has 1 aromatic carbocycles. The van der Waals surface area contributed by atoms with Crippen LogP contribution < -0.4 is 5.32 Å². The molecule has 1 N–H and O–H groups in total. The Morgan fingerprint density at radius 1 is 1.24 bits per heavy atom. The van der Waals surface area contributed by atoms with Crippen molar-refractivity contribution in [2.75, 3.05) is 19.0 Å². The van der Waals surface area contributed by atoms with Crippen LogP contribution in [-0.4, -0.2) is 36.5 Å². The van der Waals surface area contributed by atoms with E-state index in [2.05, 4.69) is 15.0 Å². The number of hydrogen-bond donors (Lipinski definition) is 1. The van der Waals surface area contributed by atoms with E-state index in [-0.39, 0.29) is 18.0 Å². The molecule has 0 aliphatic rings. The molecule has 0 aliphatic heterocycles. The molecule has 2 aromatic rings. The van der Waals surface area contributed by atoms with Gasteiger partial charge in [0, 0.05) is 5.38 Å². The average Bonchev–Trinajstić information content (AvgIpc) is 2.99. The molecule has 2 rings (SSSR count). The first kappa shape index (κ1) is 18.5. The van der Waals surface area contributed by atoms with E-state index < -0.39 is 30.3 Å². The minimum absolute atomic E-state index is 0.00545. The minimum Gasteiger partial charge on any atom is -0.469 e. The summed E-state index contributed by atoms with van der Waals surface area (Å²) in [6, 6.07) is 5.56. The molecule has 7 nitrogen and oxygen atoms in total. The third-order valence-electron chi connectivity index (χ3n) is 2.95. The summed E-state index contributed by atoms with van der Waals surface area (Å²) in [5.74, 6) is -2.10. The third-order valence-corrected chi connectivity index (χ3v) is 3.76. The zero-order valence-electron chi connectivity index (χ0n) is 13.3. The smallest absolute Gasteiger partial charge is 0.311 e. The highest BCUT2D eigenvalue weighted by atomic mass is 32.1. The predicted molar refractivity (Wildman–Crippen MR) is 87.5 cm³/mol. The molecule has 1 aromatic heterocycles. The molecular formula is C16H15FN2O5S. The van der Waals surface area contributed by atoms with Crippen molar-refractivity contribution in [1.29, 1.82) is 0 Å². The van der Waals surface area contributed by atoms with Crippen LogP contribution in [0.4, 0.5) is 9.52 Å². The second kappa shape index (κ2) is 8.88. The zero-order valence-corrected chi connectivity index (χ0v) is 14.1. The Kier molecular flexibility index (Phi) is 6.58. The fourth-order valence-electron chi connectivity index (χ4n) is 1.83. The van der Waals surface area contributed by atoms with Crippen LogP contribution in [0.3, 0.4) is 0 Å². The molecule has 0 bridgehead atoms. The maximum atomic E-state index is 13.0. The van der Waals surface area contributed by atoms with Gasteiger partial charge < -0.3 is 9.47 Å². The number of amides is 1. The van der Waals surface area contributed by atoms with Crippen LogP contribution in [0.5, 0.6) is 0 Å². The summed E-state index contributed by atoms with van der Waals surface area (Å²) in [5.41, 5.74) is 0.924. The lowest BCUT2D eigenvalue weighted by Gasteiger charge is -2.05. The number of nitrogens with zero attached hydrogens (tertiary/aromatic N) is 1. The molecule has 0 unspecified atom stereocenters. The van der Waals surface area contributed by atoms with Gasteiger partial charge in [-0.2, -0.15) is 0 Å². The van der Waals surface area contributed by atoms with Crippen molar-refractivity contribution in [2.24, 2.45) is 0 Å². The topological polar surface area (TPSA) is 94.6 Å². The summed E-state index contributed by atoms with van der Waals surface area (Å²) in [6.07, 6.45) is -0.128. The molecule has 25 heavy (non-hydrogen) atoms. The summed E-state index contributed by atoms with van der Waals surface area (Å²) in [6.45, 7) is -0.486. The van der Waals surface area contributed by atoms with E-state index in [0.717, 1.165) is 11.3 Å². The Hall–Kier alpha value is -2.81. The number of aromatic nitrogens is 1. The van der Waals surface area contributed by atoms with E-state index >= 15 is 0 Å². The second-order valence-electron chi connectivity index (χ2n) is 4.91. The van der Waals surface area contributed by atoms with Gasteiger partial charge in [-0.05, 0) is 17.7 Å². The largest absolute Gasteiger partial charge is 0.469 e. The normalized spacial score (nSPS) is 10.2. The molecule has 0 aliphatic carbocycles. The van der Waals surface area contributed by atoms with Gasteiger partial charge in [0.15, 0.2) is 11.7 Å². The SMILES string of the molecule is COC(=O)Cc1csc(NC(=O)COC(=O)Cc2cccc(F)c2)n1. The standard InChI is InChI=1S/C16H15FN2O5S/c1-23-14(21)7-12-9-25-16(18-12)19-13(20)8-24-15(22)6-10-3-2-4-11(17)5-10/h2-5,9H,6-8H2,1H3,(H,18,19,20). The van der Waals surface area contributed by atoms with Gasteiger partial charge in [0.05, 0.1) is 25.6 Å². The number of thiazole rings is 1. The molecular weight excluding hydrogens is 351 g/mol. The van der Waals surface area contributed by atoms with Crippen LogP contribution >= 0.6 is 11.3 Å². The zero-order chi connectivity index (χ0) is 18.2. The highest BCUT2D eigenvalue weighted by Crippen LogP contribution is 2.16. The predicted octanol–water partition coefficient (Wildman–Crippen LogP) is 1.72. The van der Waals surface area contributed by atoms with Gasteiger partial charge >= 0.3 is 11.9 Å². The number of carbonyl (C=O) groups is 3.